The van der Waals surface area contributed by atoms with Gasteiger partial charge < -0.3 is 9.08 Å². The lowest BCUT2D eigenvalue weighted by Gasteiger charge is -2.18. The highest BCUT2D eigenvalue weighted by atomic mass is 32.2. The van der Waals surface area contributed by atoms with Crippen molar-refractivity contribution in [1.82, 2.24) is 4.90 Å². The lowest BCUT2D eigenvalue weighted by atomic mass is 9.92. The van der Waals surface area contributed by atoms with Crippen molar-refractivity contribution in [2.75, 3.05) is 13.1 Å². The van der Waals surface area contributed by atoms with E-state index in [-0.39, 0.29) is 22.7 Å². The van der Waals surface area contributed by atoms with E-state index in [9.17, 15) is 18.0 Å². The van der Waals surface area contributed by atoms with Crippen molar-refractivity contribution in [3.63, 3.8) is 0 Å². The van der Waals surface area contributed by atoms with Crippen LogP contribution in [0.1, 0.15) is 26.3 Å². The lowest BCUT2D eigenvalue weighted by molar-refractivity contribution is 0.0969. The summed E-state index contributed by atoms with van der Waals surface area (Å²) in [5, 5.41) is 0.925. The lowest BCUT2D eigenvalue weighted by Crippen LogP contribution is -2.22. The van der Waals surface area contributed by atoms with E-state index in [1.165, 1.54) is 30.4 Å². The van der Waals surface area contributed by atoms with Crippen molar-refractivity contribution in [3.05, 3.63) is 82.4 Å². The van der Waals surface area contributed by atoms with Crippen LogP contribution in [0.15, 0.2) is 65.7 Å². The molecule has 1 aliphatic carbocycles. The highest BCUT2D eigenvalue weighted by Crippen LogP contribution is 2.33. The highest BCUT2D eigenvalue weighted by molar-refractivity contribution is 7.90. The Hall–Kier alpha value is -3.19. The normalized spacial score (nSPS) is 16.3. The molecule has 1 heterocycles. The number of carbonyl (C=O) groups is 2. The standard InChI is InChI=1S/C20H15NO5S/c22-17-13-16(21-10-11-21)20(23)15-7-4-8-18(19(15)17)26-27(24,25)12-9-14-5-2-1-3-6-14/h1-9,12-13H,10-11H2/b12-9+. The zero-order chi connectivity index (χ0) is 19.0. The second-order valence-electron chi connectivity index (χ2n) is 6.18. The molecule has 2 aromatic rings. The van der Waals surface area contributed by atoms with Gasteiger partial charge in [-0.1, -0.05) is 36.4 Å². The van der Waals surface area contributed by atoms with Crippen LogP contribution in [0.2, 0.25) is 0 Å². The van der Waals surface area contributed by atoms with Gasteiger partial charge in [0.25, 0.3) is 0 Å². The number of rotatable bonds is 5. The average Bonchev–Trinajstić information content (AvgIpc) is 3.49. The summed E-state index contributed by atoms with van der Waals surface area (Å²) < 4.78 is 29.7. The fraction of sp³-hybridized carbons (Fsp3) is 0.100. The number of ketones is 2. The van der Waals surface area contributed by atoms with Crippen LogP contribution in [0.25, 0.3) is 6.08 Å². The van der Waals surface area contributed by atoms with E-state index in [1.54, 1.807) is 29.2 Å². The molecule has 0 bridgehead atoms. The summed E-state index contributed by atoms with van der Waals surface area (Å²) in [5.41, 5.74) is 1.17. The Kier molecular flexibility index (Phi) is 4.16. The Labute approximate surface area is 156 Å². The number of hydrogen-bond donors (Lipinski definition) is 0. The van der Waals surface area contributed by atoms with Crippen molar-refractivity contribution in [1.29, 1.82) is 0 Å². The number of allylic oxidation sites excluding steroid dienone is 2. The molecule has 0 atom stereocenters. The third kappa shape index (κ3) is 3.54. The largest absolute Gasteiger partial charge is 0.379 e. The van der Waals surface area contributed by atoms with E-state index in [0.29, 0.717) is 11.3 Å². The topological polar surface area (TPSA) is 80.5 Å². The van der Waals surface area contributed by atoms with Crippen molar-refractivity contribution in [2.24, 2.45) is 0 Å². The molecule has 1 saturated heterocycles. The van der Waals surface area contributed by atoms with E-state index < -0.39 is 15.9 Å². The Morgan fingerprint density at radius 3 is 2.41 bits per heavy atom. The van der Waals surface area contributed by atoms with E-state index in [4.69, 9.17) is 4.18 Å². The predicted octanol–water partition coefficient (Wildman–Crippen LogP) is 2.64. The molecule has 0 radical (unpaired) electrons. The molecule has 6 nitrogen and oxygen atoms in total. The first-order valence-corrected chi connectivity index (χ1v) is 9.78. The zero-order valence-electron chi connectivity index (χ0n) is 14.2. The number of fused-ring (bicyclic) bond motifs is 1. The Balaban J connectivity index is 1.64. The van der Waals surface area contributed by atoms with Crippen LogP contribution < -0.4 is 4.18 Å². The van der Waals surface area contributed by atoms with E-state index >= 15 is 0 Å². The summed E-state index contributed by atoms with van der Waals surface area (Å²) in [4.78, 5) is 26.9. The maximum absolute atomic E-state index is 12.6. The Bertz CT molecular complexity index is 1100. The molecule has 0 spiro atoms. The second kappa shape index (κ2) is 6.51. The van der Waals surface area contributed by atoms with E-state index in [2.05, 4.69) is 0 Å². The molecule has 0 N–H and O–H groups in total. The van der Waals surface area contributed by atoms with Gasteiger partial charge in [-0.3, -0.25) is 9.59 Å². The number of carbonyl (C=O) groups excluding carboxylic acids is 2. The first-order chi connectivity index (χ1) is 12.9. The minimum atomic E-state index is -4.10. The van der Waals surface area contributed by atoms with Gasteiger partial charge in [0.15, 0.2) is 11.5 Å². The molecule has 7 heteroatoms. The second-order valence-corrected chi connectivity index (χ2v) is 7.60. The summed E-state index contributed by atoms with van der Waals surface area (Å²) in [6.45, 7) is 1.46. The number of nitrogens with zero attached hydrogens (tertiary/aromatic N) is 1. The maximum atomic E-state index is 12.6. The molecule has 0 aromatic heterocycles. The van der Waals surface area contributed by atoms with Gasteiger partial charge in [0, 0.05) is 24.7 Å². The molecule has 136 valence electrons. The summed E-state index contributed by atoms with van der Waals surface area (Å²) in [5.74, 6) is -0.890. The van der Waals surface area contributed by atoms with Crippen molar-refractivity contribution >= 4 is 27.8 Å². The summed E-state index contributed by atoms with van der Waals surface area (Å²) in [7, 11) is -4.10. The quantitative estimate of drug-likeness (QED) is 0.585. The number of Topliss-reactive ketones (excluding diaryl/α,β-unsaturated/α-hetero) is 1. The average molecular weight is 381 g/mol. The minimum absolute atomic E-state index is 0.0233. The molecule has 27 heavy (non-hydrogen) atoms. The first kappa shape index (κ1) is 17.2. The van der Waals surface area contributed by atoms with Crippen LogP contribution in [0.4, 0.5) is 0 Å². The van der Waals surface area contributed by atoms with Crippen LogP contribution in [0, 0.1) is 0 Å². The number of benzene rings is 2. The van der Waals surface area contributed by atoms with Crippen molar-refractivity contribution < 1.29 is 22.2 Å². The first-order valence-electron chi connectivity index (χ1n) is 8.31. The molecule has 0 amide bonds. The molecule has 4 rings (SSSR count). The molecular formula is C20H15NO5S. The summed E-state index contributed by atoms with van der Waals surface area (Å²) >= 11 is 0. The SMILES string of the molecule is O=C1C(N2CC2)=CC(=O)c2c(OS(=O)(=O)/C=C/c3ccccc3)cccc21. The summed E-state index contributed by atoms with van der Waals surface area (Å²) in [6.07, 6.45) is 2.65. The summed E-state index contributed by atoms with van der Waals surface area (Å²) in [6, 6.07) is 13.3. The third-order valence-corrected chi connectivity index (χ3v) is 5.12. The van der Waals surface area contributed by atoms with Crippen LogP contribution in [-0.4, -0.2) is 38.0 Å². The third-order valence-electron chi connectivity index (χ3n) is 4.24. The van der Waals surface area contributed by atoms with Crippen LogP contribution in [0.3, 0.4) is 0 Å². The fourth-order valence-electron chi connectivity index (χ4n) is 2.85. The van der Waals surface area contributed by atoms with Gasteiger partial charge in [-0.2, -0.15) is 8.42 Å². The number of hydrogen-bond acceptors (Lipinski definition) is 6. The van der Waals surface area contributed by atoms with Gasteiger partial charge in [-0.25, -0.2) is 0 Å². The van der Waals surface area contributed by atoms with Gasteiger partial charge in [0.05, 0.1) is 16.7 Å². The Morgan fingerprint density at radius 1 is 0.963 bits per heavy atom. The molecule has 0 saturated carbocycles. The molecule has 1 aliphatic heterocycles. The van der Waals surface area contributed by atoms with E-state index in [0.717, 1.165) is 18.5 Å². The zero-order valence-corrected chi connectivity index (χ0v) is 15.0. The molecule has 2 aliphatic rings. The fourth-order valence-corrected chi connectivity index (χ4v) is 3.62. The van der Waals surface area contributed by atoms with E-state index in [1.807, 2.05) is 6.07 Å². The van der Waals surface area contributed by atoms with Crippen LogP contribution in [-0.2, 0) is 10.1 Å². The maximum Gasteiger partial charge on any atom is 0.332 e. The van der Waals surface area contributed by atoms with Gasteiger partial charge >= 0.3 is 10.1 Å². The molecule has 1 fully saturated rings. The van der Waals surface area contributed by atoms with Gasteiger partial charge in [-0.15, -0.1) is 0 Å². The van der Waals surface area contributed by atoms with Gasteiger partial charge in [0.2, 0.25) is 5.78 Å². The van der Waals surface area contributed by atoms with Crippen LogP contribution in [0.5, 0.6) is 5.75 Å². The van der Waals surface area contributed by atoms with Gasteiger partial charge in [-0.05, 0) is 23.8 Å². The predicted molar refractivity (Wildman–Crippen MR) is 99.8 cm³/mol. The highest BCUT2D eigenvalue weighted by Gasteiger charge is 2.35. The molecule has 2 aromatic carbocycles. The molecular weight excluding hydrogens is 366 g/mol. The minimum Gasteiger partial charge on any atom is -0.379 e. The van der Waals surface area contributed by atoms with Crippen LogP contribution >= 0.6 is 0 Å². The van der Waals surface area contributed by atoms with Crippen molar-refractivity contribution in [3.8, 4) is 5.75 Å². The van der Waals surface area contributed by atoms with Crippen molar-refractivity contribution in [2.45, 2.75) is 0 Å². The van der Waals surface area contributed by atoms with Gasteiger partial charge in [0.1, 0.15) is 0 Å². The monoisotopic (exact) mass is 381 g/mol. The molecule has 0 unspecified atom stereocenters. The smallest absolute Gasteiger partial charge is 0.332 e. The Morgan fingerprint density at radius 2 is 1.70 bits per heavy atom.